The smallest absolute Gasteiger partial charge is 0.238 e. The summed E-state index contributed by atoms with van der Waals surface area (Å²) >= 11 is 7.19. The Balaban J connectivity index is 1.40. The van der Waals surface area contributed by atoms with E-state index < -0.39 is 11.1 Å². The molecule has 35 heavy (non-hydrogen) atoms. The van der Waals surface area contributed by atoms with Crippen molar-refractivity contribution >= 4 is 51.7 Å². The number of carbonyl (C=O) groups is 2. The van der Waals surface area contributed by atoms with Crippen molar-refractivity contribution in [3.63, 3.8) is 0 Å². The van der Waals surface area contributed by atoms with Gasteiger partial charge in [0.2, 0.25) is 18.6 Å². The zero-order chi connectivity index (χ0) is 24.4. The fourth-order valence-corrected chi connectivity index (χ4v) is 4.82. The minimum atomic E-state index is -0.702. The van der Waals surface area contributed by atoms with Crippen LogP contribution in [0.2, 0.25) is 5.02 Å². The predicted molar refractivity (Wildman–Crippen MR) is 133 cm³/mol. The number of benzene rings is 3. The number of nitrogens with one attached hydrogen (secondary N) is 1. The number of amidine groups is 1. The minimum absolute atomic E-state index is 0.0120. The van der Waals surface area contributed by atoms with Crippen LogP contribution in [0.15, 0.2) is 71.7 Å². The molecule has 2 aliphatic rings. The monoisotopic (exact) mass is 511 g/mol. The summed E-state index contributed by atoms with van der Waals surface area (Å²) in [6, 6.07) is 17.8. The van der Waals surface area contributed by atoms with Gasteiger partial charge in [-0.2, -0.15) is 0 Å². The Kier molecular flexibility index (Phi) is 6.61. The maximum Gasteiger partial charge on any atom is 0.238 e. The van der Waals surface area contributed by atoms with Gasteiger partial charge in [-0.15, -0.1) is 0 Å². The van der Waals surface area contributed by atoms with Gasteiger partial charge >= 0.3 is 0 Å². The van der Waals surface area contributed by atoms with E-state index in [4.69, 9.17) is 21.1 Å². The molecule has 178 valence electrons. The van der Waals surface area contributed by atoms with Gasteiger partial charge in [0, 0.05) is 17.1 Å². The average Bonchev–Trinajstić information content (AvgIpc) is 3.32. The number of anilines is 1. The molecule has 3 aromatic carbocycles. The Morgan fingerprint density at radius 2 is 1.83 bits per heavy atom. The Morgan fingerprint density at radius 3 is 2.60 bits per heavy atom. The number of aliphatic imine (C=N–C) groups is 1. The largest absolute Gasteiger partial charge is 0.454 e. The number of hydrogen-bond donors (Lipinski definition) is 1. The topological polar surface area (TPSA) is 80.2 Å². The summed E-state index contributed by atoms with van der Waals surface area (Å²) in [7, 11) is 0. The molecule has 0 aromatic heterocycles. The van der Waals surface area contributed by atoms with Crippen LogP contribution in [-0.4, -0.2) is 33.9 Å². The van der Waals surface area contributed by atoms with Crippen molar-refractivity contribution in [2.75, 3.05) is 12.1 Å². The van der Waals surface area contributed by atoms with E-state index in [1.807, 2.05) is 12.1 Å². The molecule has 3 aromatic rings. The van der Waals surface area contributed by atoms with Crippen LogP contribution in [0.3, 0.4) is 0 Å². The average molecular weight is 512 g/mol. The van der Waals surface area contributed by atoms with Crippen molar-refractivity contribution in [3.8, 4) is 11.5 Å². The third-order valence-corrected chi connectivity index (χ3v) is 6.81. The molecule has 0 bridgehead atoms. The second kappa shape index (κ2) is 9.97. The Bertz CT molecular complexity index is 1300. The summed E-state index contributed by atoms with van der Waals surface area (Å²) in [6.45, 7) is 0.409. The van der Waals surface area contributed by atoms with E-state index in [0.717, 1.165) is 5.56 Å². The summed E-state index contributed by atoms with van der Waals surface area (Å²) in [5.41, 5.74) is 1.88. The highest BCUT2D eigenvalue weighted by Gasteiger charge is 2.36. The lowest BCUT2D eigenvalue weighted by molar-refractivity contribution is -0.129. The lowest BCUT2D eigenvalue weighted by atomic mass is 10.1. The molecule has 5 rings (SSSR count). The van der Waals surface area contributed by atoms with Gasteiger partial charge in [-0.1, -0.05) is 29.4 Å². The third-order valence-electron chi connectivity index (χ3n) is 5.37. The molecule has 2 heterocycles. The van der Waals surface area contributed by atoms with Gasteiger partial charge in [0.05, 0.1) is 12.2 Å². The maximum absolute atomic E-state index is 13.2. The highest BCUT2D eigenvalue weighted by Crippen LogP contribution is 2.35. The molecule has 0 aliphatic carbocycles. The standard InChI is InChI=1S/C25H19ClFN3O4S/c26-16-2-6-19(7-3-16)29-25-30(13-15-1-10-20-21(11-15)34-14-33-20)23(31)12-22(35-25)24(32)28-18-8-4-17(27)5-9-18/h1-11,22H,12-14H2,(H,28,32)/t22-/m1/s1. The molecule has 10 heteroatoms. The van der Waals surface area contributed by atoms with Crippen molar-refractivity contribution < 1.29 is 23.5 Å². The first kappa shape index (κ1) is 23.2. The zero-order valence-corrected chi connectivity index (χ0v) is 19.8. The molecular weight excluding hydrogens is 493 g/mol. The Labute approximate surface area is 209 Å². The minimum Gasteiger partial charge on any atom is -0.454 e. The van der Waals surface area contributed by atoms with Crippen LogP contribution in [0.1, 0.15) is 12.0 Å². The van der Waals surface area contributed by atoms with Crippen LogP contribution in [0, 0.1) is 5.82 Å². The number of hydrogen-bond acceptors (Lipinski definition) is 6. The zero-order valence-electron chi connectivity index (χ0n) is 18.2. The fourth-order valence-electron chi connectivity index (χ4n) is 3.60. The Hall–Kier alpha value is -3.56. The van der Waals surface area contributed by atoms with Crippen molar-refractivity contribution in [1.29, 1.82) is 0 Å². The van der Waals surface area contributed by atoms with E-state index in [9.17, 15) is 14.0 Å². The van der Waals surface area contributed by atoms with Gasteiger partial charge in [0.15, 0.2) is 16.7 Å². The molecule has 1 atom stereocenters. The molecule has 1 fully saturated rings. The first-order valence-corrected chi connectivity index (χ1v) is 12.0. The second-order valence-corrected chi connectivity index (χ2v) is 9.45. The lowest BCUT2D eigenvalue weighted by Crippen LogP contribution is -2.44. The summed E-state index contributed by atoms with van der Waals surface area (Å²) < 4.78 is 24.0. The van der Waals surface area contributed by atoms with E-state index in [1.165, 1.54) is 36.0 Å². The lowest BCUT2D eigenvalue weighted by Gasteiger charge is -2.32. The van der Waals surface area contributed by atoms with Crippen LogP contribution in [-0.2, 0) is 16.1 Å². The molecule has 0 unspecified atom stereocenters. The van der Waals surface area contributed by atoms with E-state index in [2.05, 4.69) is 10.3 Å². The molecule has 0 radical (unpaired) electrons. The highest BCUT2D eigenvalue weighted by molar-refractivity contribution is 8.15. The molecule has 0 spiro atoms. The van der Waals surface area contributed by atoms with Gasteiger partial charge in [-0.25, -0.2) is 9.38 Å². The van der Waals surface area contributed by atoms with Gasteiger partial charge < -0.3 is 14.8 Å². The number of amides is 2. The van der Waals surface area contributed by atoms with Gasteiger partial charge in [-0.05, 0) is 66.2 Å². The highest BCUT2D eigenvalue weighted by atomic mass is 35.5. The summed E-state index contributed by atoms with van der Waals surface area (Å²) in [5, 5.41) is 3.00. The first-order chi connectivity index (χ1) is 16.9. The summed E-state index contributed by atoms with van der Waals surface area (Å²) in [4.78, 5) is 32.4. The summed E-state index contributed by atoms with van der Waals surface area (Å²) in [6.07, 6.45) is -0.0120. The van der Waals surface area contributed by atoms with Gasteiger partial charge in [0.25, 0.3) is 0 Å². The number of halogens is 2. The van der Waals surface area contributed by atoms with Crippen molar-refractivity contribution in [2.24, 2.45) is 4.99 Å². The predicted octanol–water partition coefficient (Wildman–Crippen LogP) is 5.37. The number of nitrogens with zero attached hydrogens (tertiary/aromatic N) is 2. The molecule has 2 aliphatic heterocycles. The van der Waals surface area contributed by atoms with Crippen LogP contribution in [0.4, 0.5) is 15.8 Å². The van der Waals surface area contributed by atoms with Crippen molar-refractivity contribution in [2.45, 2.75) is 18.2 Å². The summed E-state index contributed by atoms with van der Waals surface area (Å²) in [5.74, 6) is 0.268. The number of ether oxygens (including phenoxy) is 2. The molecule has 0 saturated carbocycles. The molecule has 1 saturated heterocycles. The maximum atomic E-state index is 13.2. The third kappa shape index (κ3) is 5.41. The Morgan fingerprint density at radius 1 is 1.09 bits per heavy atom. The number of rotatable bonds is 5. The van der Waals surface area contributed by atoms with E-state index >= 15 is 0 Å². The quantitative estimate of drug-likeness (QED) is 0.498. The fraction of sp³-hybridized carbons (Fsp3) is 0.160. The van der Waals surface area contributed by atoms with Crippen LogP contribution >= 0.6 is 23.4 Å². The molecule has 1 N–H and O–H groups in total. The first-order valence-electron chi connectivity index (χ1n) is 10.7. The van der Waals surface area contributed by atoms with Gasteiger partial charge in [0.1, 0.15) is 11.1 Å². The van der Waals surface area contributed by atoms with E-state index in [0.29, 0.717) is 33.1 Å². The van der Waals surface area contributed by atoms with Crippen molar-refractivity contribution in [1.82, 2.24) is 4.90 Å². The second-order valence-electron chi connectivity index (χ2n) is 7.85. The van der Waals surface area contributed by atoms with Gasteiger partial charge in [-0.3, -0.25) is 14.5 Å². The van der Waals surface area contributed by atoms with E-state index in [1.54, 1.807) is 35.2 Å². The normalized spacial score (nSPS) is 18.1. The SMILES string of the molecule is O=C(Nc1ccc(F)cc1)[C@H]1CC(=O)N(Cc2ccc3c(c2)OCO3)C(=Nc2ccc(Cl)cc2)S1. The molecule has 7 nitrogen and oxygen atoms in total. The molecular formula is C25H19ClFN3O4S. The number of thioether (sulfide) groups is 1. The van der Waals surface area contributed by atoms with Crippen molar-refractivity contribution in [3.05, 3.63) is 83.1 Å². The van der Waals surface area contributed by atoms with E-state index in [-0.39, 0.29) is 31.6 Å². The van der Waals surface area contributed by atoms with Crippen LogP contribution < -0.4 is 14.8 Å². The number of carbonyl (C=O) groups excluding carboxylic acids is 2. The van der Waals surface area contributed by atoms with Crippen LogP contribution in [0.25, 0.3) is 0 Å². The molecule has 2 amide bonds. The van der Waals surface area contributed by atoms with Crippen LogP contribution in [0.5, 0.6) is 11.5 Å². The number of fused-ring (bicyclic) bond motifs is 1.